The quantitative estimate of drug-likeness (QED) is 0.239. The van der Waals surface area contributed by atoms with Crippen molar-refractivity contribution in [1.82, 2.24) is 20.2 Å². The standard InChI is InChI=1S/C23H13Cl2F6N5O2/c24-14-3-5-16(6-4-14)36(11-18-34-35-21(38-18)20-32-9-15(25)10-33-20)19(37)7-12-1-2-13(22(26,27)28)8-17(12)23(29,30)31/h1-6,8-10H,7,11H2. The molecule has 0 fully saturated rings. The summed E-state index contributed by atoms with van der Waals surface area (Å²) in [4.78, 5) is 22.2. The third-order valence-electron chi connectivity index (χ3n) is 5.10. The lowest BCUT2D eigenvalue weighted by molar-refractivity contribution is -0.143. The van der Waals surface area contributed by atoms with Gasteiger partial charge in [0.05, 0.1) is 22.6 Å². The van der Waals surface area contributed by atoms with Crippen molar-refractivity contribution >= 4 is 34.8 Å². The molecule has 0 N–H and O–H groups in total. The van der Waals surface area contributed by atoms with Crippen LogP contribution >= 0.6 is 23.2 Å². The fourth-order valence-electron chi connectivity index (χ4n) is 3.34. The second-order valence-electron chi connectivity index (χ2n) is 7.73. The van der Waals surface area contributed by atoms with E-state index in [0.717, 1.165) is 4.90 Å². The monoisotopic (exact) mass is 575 g/mol. The topological polar surface area (TPSA) is 85.0 Å². The molecule has 0 saturated carbocycles. The first-order chi connectivity index (χ1) is 17.8. The van der Waals surface area contributed by atoms with Gasteiger partial charge in [-0.25, -0.2) is 9.97 Å². The van der Waals surface area contributed by atoms with Gasteiger partial charge in [0.25, 0.3) is 5.89 Å². The lowest BCUT2D eigenvalue weighted by Gasteiger charge is -2.23. The van der Waals surface area contributed by atoms with Gasteiger partial charge in [0.2, 0.25) is 17.6 Å². The van der Waals surface area contributed by atoms with Crippen molar-refractivity contribution in [3.05, 3.63) is 87.5 Å². The van der Waals surface area contributed by atoms with Gasteiger partial charge in [0.15, 0.2) is 0 Å². The summed E-state index contributed by atoms with van der Waals surface area (Å²) in [6.45, 7) is -0.386. The third-order valence-corrected chi connectivity index (χ3v) is 5.54. The maximum absolute atomic E-state index is 13.6. The first kappa shape index (κ1) is 27.3. The van der Waals surface area contributed by atoms with Crippen LogP contribution < -0.4 is 4.90 Å². The zero-order chi connectivity index (χ0) is 27.7. The highest BCUT2D eigenvalue weighted by Gasteiger charge is 2.38. The largest absolute Gasteiger partial charge is 0.416 e. The van der Waals surface area contributed by atoms with Gasteiger partial charge in [0, 0.05) is 23.1 Å². The zero-order valence-corrected chi connectivity index (χ0v) is 20.2. The number of nitrogens with zero attached hydrogens (tertiary/aromatic N) is 5. The van der Waals surface area contributed by atoms with Crippen molar-refractivity contribution in [3.63, 3.8) is 0 Å². The number of carbonyl (C=O) groups is 1. The first-order valence-electron chi connectivity index (χ1n) is 10.4. The van der Waals surface area contributed by atoms with Crippen molar-refractivity contribution in [2.75, 3.05) is 4.90 Å². The SMILES string of the molecule is O=C(Cc1ccc(C(F)(F)F)cc1C(F)(F)F)N(Cc1nnc(-c2ncc(Cl)cn2)o1)c1ccc(Cl)cc1. The molecule has 0 radical (unpaired) electrons. The van der Waals surface area contributed by atoms with E-state index in [1.807, 2.05) is 0 Å². The molecular weight excluding hydrogens is 563 g/mol. The van der Waals surface area contributed by atoms with E-state index in [0.29, 0.717) is 17.2 Å². The van der Waals surface area contributed by atoms with Gasteiger partial charge in [-0.3, -0.25) is 4.79 Å². The Balaban J connectivity index is 1.66. The Bertz CT molecular complexity index is 1440. The number of benzene rings is 2. The van der Waals surface area contributed by atoms with Gasteiger partial charge in [0.1, 0.15) is 6.54 Å². The summed E-state index contributed by atoms with van der Waals surface area (Å²) in [6.07, 6.45) is -8.43. The summed E-state index contributed by atoms with van der Waals surface area (Å²) in [5.74, 6) is -1.08. The van der Waals surface area contributed by atoms with Gasteiger partial charge >= 0.3 is 12.4 Å². The molecule has 15 heteroatoms. The van der Waals surface area contributed by atoms with Crippen LogP contribution in [0.3, 0.4) is 0 Å². The number of amides is 1. The van der Waals surface area contributed by atoms with Crippen molar-refractivity contribution in [2.24, 2.45) is 0 Å². The number of halogens is 8. The van der Waals surface area contributed by atoms with Gasteiger partial charge in [-0.15, -0.1) is 10.2 Å². The van der Waals surface area contributed by atoms with Crippen LogP contribution in [-0.2, 0) is 30.1 Å². The Morgan fingerprint density at radius 2 is 1.53 bits per heavy atom. The second kappa shape index (κ2) is 10.6. The highest BCUT2D eigenvalue weighted by Crippen LogP contribution is 2.38. The smallest absolute Gasteiger partial charge is 0.416 e. The maximum atomic E-state index is 13.6. The average Bonchev–Trinajstić information content (AvgIpc) is 3.31. The molecular formula is C23H13Cl2F6N5O2. The number of alkyl halides is 6. The number of hydrogen-bond acceptors (Lipinski definition) is 6. The molecule has 7 nitrogen and oxygen atoms in total. The van der Waals surface area contributed by atoms with E-state index in [9.17, 15) is 31.1 Å². The molecule has 2 heterocycles. The van der Waals surface area contributed by atoms with Crippen molar-refractivity contribution < 1.29 is 35.6 Å². The number of anilines is 1. The normalized spacial score (nSPS) is 12.0. The molecule has 38 heavy (non-hydrogen) atoms. The number of aromatic nitrogens is 4. The molecule has 0 spiro atoms. The Labute approximate surface area is 220 Å². The van der Waals surface area contributed by atoms with Gasteiger partial charge in [-0.1, -0.05) is 29.3 Å². The molecule has 4 aromatic rings. The molecule has 0 aliphatic rings. The Morgan fingerprint density at radius 1 is 0.868 bits per heavy atom. The number of carbonyl (C=O) groups excluding carboxylic acids is 1. The third kappa shape index (κ3) is 6.40. The number of rotatable bonds is 6. The van der Waals surface area contributed by atoms with Gasteiger partial charge in [-0.05, 0) is 42.0 Å². The molecule has 0 saturated heterocycles. The maximum Gasteiger partial charge on any atom is 0.416 e. The predicted octanol–water partition coefficient (Wildman–Crippen LogP) is 6.65. The summed E-state index contributed by atoms with van der Waals surface area (Å²) in [7, 11) is 0. The summed E-state index contributed by atoms with van der Waals surface area (Å²) in [5.41, 5.74) is -3.49. The summed E-state index contributed by atoms with van der Waals surface area (Å²) in [5, 5.41) is 8.21. The highest BCUT2D eigenvalue weighted by molar-refractivity contribution is 6.30. The highest BCUT2D eigenvalue weighted by atomic mass is 35.5. The van der Waals surface area contributed by atoms with E-state index in [-0.39, 0.29) is 40.9 Å². The molecule has 0 bridgehead atoms. The predicted molar refractivity (Wildman–Crippen MR) is 123 cm³/mol. The Hall–Kier alpha value is -3.71. The van der Waals surface area contributed by atoms with E-state index >= 15 is 0 Å². The van der Waals surface area contributed by atoms with E-state index in [1.165, 1.54) is 36.7 Å². The lowest BCUT2D eigenvalue weighted by Crippen LogP contribution is -2.32. The molecule has 0 aliphatic carbocycles. The Kier molecular flexibility index (Phi) is 7.61. The average molecular weight is 576 g/mol. The zero-order valence-electron chi connectivity index (χ0n) is 18.7. The van der Waals surface area contributed by atoms with E-state index in [4.69, 9.17) is 27.6 Å². The van der Waals surface area contributed by atoms with Gasteiger partial charge < -0.3 is 9.32 Å². The fourth-order valence-corrected chi connectivity index (χ4v) is 3.56. The van der Waals surface area contributed by atoms with Crippen LogP contribution in [0.1, 0.15) is 22.6 Å². The second-order valence-corrected chi connectivity index (χ2v) is 8.60. The molecule has 1 amide bonds. The molecule has 0 atom stereocenters. The number of hydrogen-bond donors (Lipinski definition) is 0. The molecule has 198 valence electrons. The minimum Gasteiger partial charge on any atom is -0.416 e. The minimum atomic E-state index is -5.14. The molecule has 2 aromatic heterocycles. The summed E-state index contributed by atoms with van der Waals surface area (Å²) >= 11 is 11.7. The summed E-state index contributed by atoms with van der Waals surface area (Å²) in [6, 6.07) is 6.84. The van der Waals surface area contributed by atoms with Crippen molar-refractivity contribution in [3.8, 4) is 11.7 Å². The fraction of sp³-hybridized carbons (Fsp3) is 0.174. The first-order valence-corrected chi connectivity index (χ1v) is 11.2. The van der Waals surface area contributed by atoms with E-state index in [1.54, 1.807) is 0 Å². The van der Waals surface area contributed by atoms with E-state index < -0.39 is 41.4 Å². The van der Waals surface area contributed by atoms with Crippen LogP contribution in [0.25, 0.3) is 11.7 Å². The molecule has 2 aromatic carbocycles. The minimum absolute atomic E-state index is 0.0222. The van der Waals surface area contributed by atoms with Gasteiger partial charge in [-0.2, -0.15) is 26.3 Å². The van der Waals surface area contributed by atoms with Crippen LogP contribution in [0.15, 0.2) is 59.3 Å². The Morgan fingerprint density at radius 3 is 2.13 bits per heavy atom. The van der Waals surface area contributed by atoms with Crippen molar-refractivity contribution in [1.29, 1.82) is 0 Å². The van der Waals surface area contributed by atoms with Crippen LogP contribution in [-0.4, -0.2) is 26.1 Å². The van der Waals surface area contributed by atoms with Crippen LogP contribution in [0.2, 0.25) is 10.0 Å². The molecule has 0 aliphatic heterocycles. The summed E-state index contributed by atoms with van der Waals surface area (Å²) < 4.78 is 85.4. The van der Waals surface area contributed by atoms with Crippen LogP contribution in [0.5, 0.6) is 0 Å². The van der Waals surface area contributed by atoms with Crippen LogP contribution in [0.4, 0.5) is 32.0 Å². The lowest BCUT2D eigenvalue weighted by atomic mass is 10.00. The van der Waals surface area contributed by atoms with E-state index in [2.05, 4.69) is 20.2 Å². The molecule has 0 unspecified atom stereocenters. The molecule has 4 rings (SSSR count). The van der Waals surface area contributed by atoms with Crippen molar-refractivity contribution in [2.45, 2.75) is 25.3 Å². The van der Waals surface area contributed by atoms with Crippen LogP contribution in [0, 0.1) is 0 Å².